The molecule has 2 fully saturated rings. The SMILES string of the molecule is CCn1cc(C(=O)O)c(=O)c2cc(F)c(N3CCNCC3)nc21.C[C@H]1c2cccc(O)c2C(O)=C2C(=O)[C@]3(O)C(O)=C(C(N)=O)C(=O)[C@@H](N(C)C)[C@@H]3[C@@H](O)[C@@H]21.O. The number of carbonyl (C=O) groups is 4. The van der Waals surface area contributed by atoms with Crippen LogP contribution in [-0.4, -0.2) is 132 Å². The molecular formula is C37H43FN6O12. The van der Waals surface area contributed by atoms with E-state index in [1.807, 2.05) is 11.8 Å². The lowest BCUT2D eigenvalue weighted by molar-refractivity contribution is -0.169. The molecule has 56 heavy (non-hydrogen) atoms. The molecule has 7 rings (SSSR count). The fourth-order valence-corrected chi connectivity index (χ4v) is 8.34. The van der Waals surface area contributed by atoms with Crippen LogP contribution in [0.15, 0.2) is 52.2 Å². The number of aryl methyl sites for hydroxylation is 1. The Labute approximate surface area is 317 Å². The van der Waals surface area contributed by atoms with Crippen LogP contribution >= 0.6 is 0 Å². The van der Waals surface area contributed by atoms with Crippen LogP contribution < -0.4 is 21.4 Å². The van der Waals surface area contributed by atoms with E-state index in [-0.39, 0.29) is 33.6 Å². The van der Waals surface area contributed by atoms with Crippen molar-refractivity contribution in [2.45, 2.75) is 44.1 Å². The van der Waals surface area contributed by atoms with Gasteiger partial charge in [-0.15, -0.1) is 0 Å². The Hall–Kier alpha value is -5.73. The van der Waals surface area contributed by atoms with Crippen LogP contribution in [0.1, 0.15) is 41.3 Å². The number of nitrogens with zero attached hydrogens (tertiary/aromatic N) is 4. The number of rotatable bonds is 5. The number of anilines is 1. The Morgan fingerprint density at radius 1 is 1.12 bits per heavy atom. The van der Waals surface area contributed by atoms with Gasteiger partial charge in [0.25, 0.3) is 5.91 Å². The molecule has 19 heteroatoms. The third kappa shape index (κ3) is 6.16. The zero-order valence-electron chi connectivity index (χ0n) is 30.8. The Balaban J connectivity index is 0.000000222. The molecule has 1 aliphatic heterocycles. The van der Waals surface area contributed by atoms with Gasteiger partial charge in [0, 0.05) is 50.4 Å². The number of likely N-dealkylation sites (N-methyl/N-ethyl adjacent to an activating group) is 1. The van der Waals surface area contributed by atoms with Crippen molar-refractivity contribution in [2.24, 2.45) is 17.6 Å². The zero-order chi connectivity index (χ0) is 40.4. The molecule has 3 aromatic rings. The molecule has 6 atom stereocenters. The highest BCUT2D eigenvalue weighted by atomic mass is 19.1. The summed E-state index contributed by atoms with van der Waals surface area (Å²) in [6.45, 7) is 6.63. The minimum absolute atomic E-state index is 0. The summed E-state index contributed by atoms with van der Waals surface area (Å²) in [6.07, 6.45) is -0.326. The Bertz CT molecular complexity index is 2280. The predicted molar refractivity (Wildman–Crippen MR) is 198 cm³/mol. The molecule has 0 spiro atoms. The third-order valence-corrected chi connectivity index (χ3v) is 11.0. The van der Waals surface area contributed by atoms with Crippen molar-refractivity contribution in [3.05, 3.63) is 80.1 Å². The molecule has 0 bridgehead atoms. The van der Waals surface area contributed by atoms with Gasteiger partial charge in [-0.25, -0.2) is 14.2 Å². The summed E-state index contributed by atoms with van der Waals surface area (Å²) in [5.41, 5.74) is 0.680. The van der Waals surface area contributed by atoms with E-state index in [2.05, 4.69) is 10.3 Å². The molecule has 1 saturated heterocycles. The maximum absolute atomic E-state index is 14.4. The molecule has 300 valence electrons. The van der Waals surface area contributed by atoms with Gasteiger partial charge in [-0.1, -0.05) is 19.1 Å². The van der Waals surface area contributed by atoms with Crippen LogP contribution in [0.2, 0.25) is 0 Å². The van der Waals surface area contributed by atoms with Crippen molar-refractivity contribution in [1.82, 2.24) is 19.8 Å². The average molecular weight is 783 g/mol. The van der Waals surface area contributed by atoms with Crippen molar-refractivity contribution in [1.29, 1.82) is 0 Å². The lowest BCUT2D eigenvalue weighted by Crippen LogP contribution is -2.70. The number of aromatic hydroxyl groups is 1. The van der Waals surface area contributed by atoms with Crippen LogP contribution in [0.4, 0.5) is 10.2 Å². The average Bonchev–Trinajstić information content (AvgIpc) is 3.13. The summed E-state index contributed by atoms with van der Waals surface area (Å²) in [4.78, 5) is 69.5. The summed E-state index contributed by atoms with van der Waals surface area (Å²) in [5.74, 6) is -10.6. The lowest BCUT2D eigenvalue weighted by Gasteiger charge is -2.53. The van der Waals surface area contributed by atoms with E-state index in [4.69, 9.17) is 10.8 Å². The first kappa shape index (κ1) is 41.4. The second-order valence-electron chi connectivity index (χ2n) is 14.2. The molecule has 3 aliphatic carbocycles. The molecule has 11 N–H and O–H groups in total. The number of primary amides is 1. The third-order valence-electron chi connectivity index (χ3n) is 11.0. The van der Waals surface area contributed by atoms with Gasteiger partial charge in [0.2, 0.25) is 11.2 Å². The van der Waals surface area contributed by atoms with E-state index >= 15 is 0 Å². The van der Waals surface area contributed by atoms with Gasteiger partial charge in [-0.05, 0) is 44.6 Å². The fraction of sp³-hybridized carbons (Fsp3) is 0.405. The highest BCUT2D eigenvalue weighted by Gasteiger charge is 2.68. The number of fused-ring (bicyclic) bond motifs is 4. The normalized spacial score (nSPS) is 25.9. The number of aromatic carboxylic acids is 1. The van der Waals surface area contributed by atoms with Crippen molar-refractivity contribution >= 4 is 46.1 Å². The maximum Gasteiger partial charge on any atom is 0.341 e. The number of hydrogen-bond donors (Lipinski definition) is 8. The highest BCUT2D eigenvalue weighted by molar-refractivity contribution is 6.24. The largest absolute Gasteiger partial charge is 0.508 e. The van der Waals surface area contributed by atoms with E-state index in [0.717, 1.165) is 19.2 Å². The number of piperazine rings is 1. The first-order chi connectivity index (χ1) is 25.9. The van der Waals surface area contributed by atoms with Gasteiger partial charge in [0.05, 0.1) is 29.0 Å². The Morgan fingerprint density at radius 2 is 1.77 bits per heavy atom. The van der Waals surface area contributed by atoms with Crippen molar-refractivity contribution in [3.63, 3.8) is 0 Å². The summed E-state index contributed by atoms with van der Waals surface area (Å²) in [7, 11) is 2.92. The second-order valence-corrected chi connectivity index (χ2v) is 14.2. The topological polar surface area (TPSA) is 301 Å². The molecule has 18 nitrogen and oxygen atoms in total. The molecular weight excluding hydrogens is 739 g/mol. The van der Waals surface area contributed by atoms with E-state index < -0.39 is 92.9 Å². The van der Waals surface area contributed by atoms with Crippen molar-refractivity contribution in [3.8, 4) is 5.75 Å². The van der Waals surface area contributed by atoms with Crippen LogP contribution in [0.3, 0.4) is 0 Å². The molecule has 2 aromatic heterocycles. The fourth-order valence-electron chi connectivity index (χ4n) is 8.34. The standard InChI is InChI=1S/C22H24N2O8.C15H17FN4O3.H2O/c1-7-8-5-4-6-9(25)11(8)16(26)12-10(7)17(27)14-15(24(2)3)18(28)13(21(23)31)20(30)22(14,32)19(12)29;1-2-19-8-10(15(22)23)12(21)9-7-11(16)14(18-13(9)19)20-5-3-17-4-6-20;/h4-7,10,14-15,17,25-27,30,32H,1-3H3,(H2,23,31);7-8,17H,2-6H2,1H3,(H,22,23);1H2/t7-,10+,14+,15-,17-,22-;;/m0../s1. The first-order valence-corrected chi connectivity index (χ1v) is 17.5. The number of aromatic nitrogens is 2. The van der Waals surface area contributed by atoms with Gasteiger partial charge < -0.3 is 56.6 Å². The number of benzene rings is 1. The minimum atomic E-state index is -2.89. The number of phenolic OH excluding ortho intramolecular Hbond substituents is 1. The van der Waals surface area contributed by atoms with E-state index in [9.17, 15) is 53.9 Å². The first-order valence-electron chi connectivity index (χ1n) is 17.5. The number of Topliss-reactive ketones (excluding diaryl/α,β-unsaturated/α-hetero) is 2. The zero-order valence-corrected chi connectivity index (χ0v) is 30.8. The van der Waals surface area contributed by atoms with Gasteiger partial charge in [-0.3, -0.25) is 24.1 Å². The lowest BCUT2D eigenvalue weighted by atomic mass is 9.54. The number of carboxylic acids is 1. The van der Waals surface area contributed by atoms with Crippen molar-refractivity contribution < 1.29 is 59.7 Å². The highest BCUT2D eigenvalue weighted by Crippen LogP contribution is 2.56. The quantitative estimate of drug-likeness (QED) is 0.149. The van der Waals surface area contributed by atoms with Crippen molar-refractivity contribution in [2.75, 3.05) is 45.2 Å². The number of hydrogen-bond acceptors (Lipinski definition) is 14. The number of nitrogens with two attached hydrogens (primary N) is 1. The summed E-state index contributed by atoms with van der Waals surface area (Å²) < 4.78 is 16.0. The van der Waals surface area contributed by atoms with Gasteiger partial charge >= 0.3 is 5.97 Å². The second kappa shape index (κ2) is 15.1. The Morgan fingerprint density at radius 3 is 2.34 bits per heavy atom. The molecule has 4 aliphatic rings. The predicted octanol–water partition coefficient (Wildman–Crippen LogP) is -0.666. The number of aliphatic hydroxyl groups excluding tert-OH is 3. The smallest absolute Gasteiger partial charge is 0.341 e. The van der Waals surface area contributed by atoms with E-state index in [0.29, 0.717) is 30.8 Å². The number of pyridine rings is 2. The van der Waals surface area contributed by atoms with Crippen LogP contribution in [0.5, 0.6) is 5.75 Å². The number of carboxylic acid groups (broad SMARTS) is 1. The molecule has 1 aromatic carbocycles. The Kier molecular flexibility index (Phi) is 11.2. The summed E-state index contributed by atoms with van der Waals surface area (Å²) in [6, 6.07) is 4.23. The number of nitrogens with one attached hydrogen (secondary N) is 1. The number of aliphatic hydroxyl groups is 4. The minimum Gasteiger partial charge on any atom is -0.508 e. The number of amides is 1. The van der Waals surface area contributed by atoms with Gasteiger partial charge in [-0.2, -0.15) is 0 Å². The monoisotopic (exact) mass is 782 g/mol. The molecule has 0 radical (unpaired) electrons. The maximum atomic E-state index is 14.4. The van der Waals surface area contributed by atoms with Crippen LogP contribution in [-0.2, 0) is 20.9 Å². The molecule has 0 unspecified atom stereocenters. The van der Waals surface area contributed by atoms with E-state index in [1.54, 1.807) is 23.6 Å². The number of halogens is 1. The molecule has 1 amide bonds. The van der Waals surface area contributed by atoms with Crippen LogP contribution in [0.25, 0.3) is 16.8 Å². The summed E-state index contributed by atoms with van der Waals surface area (Å²) >= 11 is 0. The number of ketones is 2. The summed E-state index contributed by atoms with van der Waals surface area (Å²) in [5, 5.41) is 67.2. The van der Waals surface area contributed by atoms with Gasteiger partial charge in [0.1, 0.15) is 34.1 Å². The van der Waals surface area contributed by atoms with Crippen LogP contribution in [0, 0.1) is 17.7 Å². The molecule has 1 saturated carbocycles. The van der Waals surface area contributed by atoms with E-state index in [1.165, 1.54) is 31.3 Å². The molecule has 3 heterocycles. The number of carbonyl (C=O) groups excluding carboxylic acids is 3. The van der Waals surface area contributed by atoms with Gasteiger partial charge in [0.15, 0.2) is 23.0 Å². The number of phenols is 1.